The number of aromatic nitrogens is 1. The quantitative estimate of drug-likeness (QED) is 0.889. The normalized spacial score (nSPS) is 17.9. The lowest BCUT2D eigenvalue weighted by molar-refractivity contribution is 0.0620. The van der Waals surface area contributed by atoms with Crippen molar-refractivity contribution in [3.8, 4) is 0 Å². The first-order chi connectivity index (χ1) is 9.65. The average molecular weight is 279 g/mol. The summed E-state index contributed by atoms with van der Waals surface area (Å²) in [7, 11) is 3.50. The summed E-state index contributed by atoms with van der Waals surface area (Å²) in [4.78, 5) is 14.4. The van der Waals surface area contributed by atoms with Crippen LogP contribution in [0, 0.1) is 0 Å². The molecule has 1 atom stereocenters. The van der Waals surface area contributed by atoms with Gasteiger partial charge in [0.15, 0.2) is 0 Å². The minimum Gasteiger partial charge on any atom is -0.383 e. The summed E-state index contributed by atoms with van der Waals surface area (Å²) in [5, 5.41) is 3.36. The number of carbonyl (C=O) groups excluding carboxylic acids is 1. The van der Waals surface area contributed by atoms with E-state index in [0.29, 0.717) is 12.6 Å². The molecule has 0 aromatic carbocycles. The van der Waals surface area contributed by atoms with Gasteiger partial charge in [0.1, 0.15) is 5.69 Å². The van der Waals surface area contributed by atoms with Gasteiger partial charge in [-0.05, 0) is 45.0 Å². The number of ether oxygens (including phenoxy) is 1. The molecule has 0 bridgehead atoms. The lowest BCUT2D eigenvalue weighted by Crippen LogP contribution is -2.39. The van der Waals surface area contributed by atoms with Crippen LogP contribution in [-0.2, 0) is 4.74 Å². The summed E-state index contributed by atoms with van der Waals surface area (Å²) in [6, 6.07) is 4.38. The maximum absolute atomic E-state index is 12.6. The third kappa shape index (κ3) is 3.22. The van der Waals surface area contributed by atoms with Gasteiger partial charge < -0.3 is 19.5 Å². The predicted octanol–water partition coefficient (Wildman–Crippen LogP) is 1.52. The van der Waals surface area contributed by atoms with E-state index in [1.54, 1.807) is 12.0 Å². The number of carbonyl (C=O) groups is 1. The summed E-state index contributed by atoms with van der Waals surface area (Å²) < 4.78 is 7.27. The fraction of sp³-hybridized carbons (Fsp3) is 0.667. The van der Waals surface area contributed by atoms with Crippen LogP contribution >= 0.6 is 0 Å². The molecular weight excluding hydrogens is 254 g/mol. The maximum atomic E-state index is 12.6. The molecule has 1 N–H and O–H groups in total. The standard InChI is InChI=1S/C15H25N3O2/c1-12(11-20-3)17(2)15(19)14-5-4-10-18(14)13-6-8-16-9-7-13/h4-5,10,12-13,16H,6-9,11H2,1-3H3. The Labute approximate surface area is 120 Å². The number of piperidine rings is 1. The van der Waals surface area contributed by atoms with Crippen LogP contribution in [0.1, 0.15) is 36.3 Å². The molecule has 5 nitrogen and oxygen atoms in total. The summed E-state index contributed by atoms with van der Waals surface area (Å²) in [5.74, 6) is 0.0677. The van der Waals surface area contributed by atoms with E-state index >= 15 is 0 Å². The van der Waals surface area contributed by atoms with E-state index in [4.69, 9.17) is 4.74 Å². The highest BCUT2D eigenvalue weighted by Gasteiger charge is 2.23. The molecule has 0 spiro atoms. The van der Waals surface area contributed by atoms with Gasteiger partial charge in [-0.25, -0.2) is 0 Å². The van der Waals surface area contributed by atoms with Gasteiger partial charge in [0.25, 0.3) is 5.91 Å². The van der Waals surface area contributed by atoms with Gasteiger partial charge in [-0.3, -0.25) is 4.79 Å². The van der Waals surface area contributed by atoms with Gasteiger partial charge in [-0.2, -0.15) is 0 Å². The second-order valence-electron chi connectivity index (χ2n) is 5.50. The molecule has 1 aromatic rings. The second kappa shape index (κ2) is 6.90. The zero-order valence-electron chi connectivity index (χ0n) is 12.6. The number of hydrogen-bond donors (Lipinski definition) is 1. The van der Waals surface area contributed by atoms with Crippen LogP contribution in [-0.4, -0.2) is 55.3 Å². The van der Waals surface area contributed by atoms with Crippen LogP contribution in [0.4, 0.5) is 0 Å². The van der Waals surface area contributed by atoms with E-state index < -0.39 is 0 Å². The van der Waals surface area contributed by atoms with Crippen LogP contribution in [0.3, 0.4) is 0 Å². The van der Waals surface area contributed by atoms with Crippen LogP contribution in [0.15, 0.2) is 18.3 Å². The average Bonchev–Trinajstić information content (AvgIpc) is 2.96. The molecule has 1 unspecified atom stereocenters. The zero-order chi connectivity index (χ0) is 14.5. The van der Waals surface area contributed by atoms with Gasteiger partial charge in [0, 0.05) is 26.4 Å². The lowest BCUT2D eigenvalue weighted by atomic mass is 10.1. The van der Waals surface area contributed by atoms with E-state index in [2.05, 4.69) is 9.88 Å². The minimum absolute atomic E-state index is 0.0677. The van der Waals surface area contributed by atoms with Gasteiger partial charge in [0.2, 0.25) is 0 Å². The molecule has 0 aliphatic carbocycles. The van der Waals surface area contributed by atoms with E-state index in [9.17, 15) is 4.79 Å². The summed E-state index contributed by atoms with van der Waals surface area (Å²) in [6.07, 6.45) is 4.18. The van der Waals surface area contributed by atoms with Crippen molar-refractivity contribution in [3.05, 3.63) is 24.0 Å². The Hall–Kier alpha value is -1.33. The van der Waals surface area contributed by atoms with Crippen molar-refractivity contribution < 1.29 is 9.53 Å². The van der Waals surface area contributed by atoms with E-state index in [-0.39, 0.29) is 11.9 Å². The molecule has 2 rings (SSSR count). The summed E-state index contributed by atoms with van der Waals surface area (Å²) in [6.45, 7) is 4.59. The molecule has 1 aliphatic heterocycles. The molecule has 1 amide bonds. The van der Waals surface area contributed by atoms with Gasteiger partial charge in [-0.15, -0.1) is 0 Å². The van der Waals surface area contributed by atoms with Crippen molar-refractivity contribution in [2.24, 2.45) is 0 Å². The first kappa shape index (κ1) is 15.1. The summed E-state index contributed by atoms with van der Waals surface area (Å²) >= 11 is 0. The van der Waals surface area contributed by atoms with E-state index in [0.717, 1.165) is 31.6 Å². The van der Waals surface area contributed by atoms with Crippen molar-refractivity contribution in [1.29, 1.82) is 0 Å². The van der Waals surface area contributed by atoms with Crippen molar-refractivity contribution in [2.45, 2.75) is 31.8 Å². The van der Waals surface area contributed by atoms with Crippen molar-refractivity contribution in [2.75, 3.05) is 33.9 Å². The van der Waals surface area contributed by atoms with Gasteiger partial charge >= 0.3 is 0 Å². The largest absolute Gasteiger partial charge is 0.383 e. The van der Waals surface area contributed by atoms with E-state index in [1.165, 1.54) is 0 Å². The molecule has 1 fully saturated rings. The number of nitrogens with one attached hydrogen (secondary N) is 1. The number of hydrogen-bond acceptors (Lipinski definition) is 3. The van der Waals surface area contributed by atoms with Gasteiger partial charge in [0.05, 0.1) is 12.6 Å². The molecular formula is C15H25N3O2. The number of nitrogens with zero attached hydrogens (tertiary/aromatic N) is 2. The second-order valence-corrected chi connectivity index (χ2v) is 5.50. The first-order valence-corrected chi connectivity index (χ1v) is 7.28. The Morgan fingerprint density at radius 3 is 2.90 bits per heavy atom. The highest BCUT2D eigenvalue weighted by atomic mass is 16.5. The Morgan fingerprint density at radius 2 is 2.25 bits per heavy atom. The lowest BCUT2D eigenvalue weighted by Gasteiger charge is -2.29. The zero-order valence-corrected chi connectivity index (χ0v) is 12.6. The highest BCUT2D eigenvalue weighted by molar-refractivity contribution is 5.92. The monoisotopic (exact) mass is 279 g/mol. The third-order valence-electron chi connectivity index (χ3n) is 4.09. The number of likely N-dealkylation sites (N-methyl/N-ethyl adjacent to an activating group) is 1. The van der Waals surface area contributed by atoms with Crippen LogP contribution in [0.2, 0.25) is 0 Å². The topological polar surface area (TPSA) is 46.5 Å². The van der Waals surface area contributed by atoms with Crippen LogP contribution in [0.5, 0.6) is 0 Å². The van der Waals surface area contributed by atoms with Crippen molar-refractivity contribution in [3.63, 3.8) is 0 Å². The Bertz CT molecular complexity index is 438. The first-order valence-electron chi connectivity index (χ1n) is 7.28. The molecule has 1 saturated heterocycles. The Balaban J connectivity index is 2.12. The molecule has 5 heteroatoms. The number of amides is 1. The predicted molar refractivity (Wildman–Crippen MR) is 79.0 cm³/mol. The fourth-order valence-electron chi connectivity index (χ4n) is 2.71. The van der Waals surface area contributed by atoms with Crippen LogP contribution < -0.4 is 5.32 Å². The molecule has 1 aromatic heterocycles. The smallest absolute Gasteiger partial charge is 0.270 e. The molecule has 2 heterocycles. The minimum atomic E-state index is 0.0677. The van der Waals surface area contributed by atoms with E-state index in [1.807, 2.05) is 32.3 Å². The van der Waals surface area contributed by atoms with Crippen LogP contribution in [0.25, 0.3) is 0 Å². The molecule has 1 aliphatic rings. The van der Waals surface area contributed by atoms with Crippen molar-refractivity contribution >= 4 is 5.91 Å². The highest BCUT2D eigenvalue weighted by Crippen LogP contribution is 2.22. The van der Waals surface area contributed by atoms with Crippen molar-refractivity contribution in [1.82, 2.24) is 14.8 Å². The fourth-order valence-corrected chi connectivity index (χ4v) is 2.71. The molecule has 112 valence electrons. The third-order valence-corrected chi connectivity index (χ3v) is 4.09. The molecule has 0 radical (unpaired) electrons. The Kier molecular flexibility index (Phi) is 5.20. The van der Waals surface area contributed by atoms with Gasteiger partial charge in [-0.1, -0.05) is 0 Å². The Morgan fingerprint density at radius 1 is 1.55 bits per heavy atom. The maximum Gasteiger partial charge on any atom is 0.270 e. The molecule has 0 saturated carbocycles. The summed E-state index contributed by atoms with van der Waals surface area (Å²) in [5.41, 5.74) is 0.780. The molecule has 20 heavy (non-hydrogen) atoms. The number of methoxy groups -OCH3 is 1. The number of rotatable bonds is 5. The SMILES string of the molecule is COCC(C)N(C)C(=O)c1cccn1C1CCNCC1.